The average Bonchev–Trinajstić information content (AvgIpc) is 2.71. The van der Waals surface area contributed by atoms with Gasteiger partial charge in [0.25, 0.3) is 11.2 Å². The lowest BCUT2D eigenvalue weighted by atomic mass is 10.1. The van der Waals surface area contributed by atoms with Gasteiger partial charge < -0.3 is 10.2 Å². The second-order valence-corrected chi connectivity index (χ2v) is 7.34. The van der Waals surface area contributed by atoms with Gasteiger partial charge in [0.05, 0.1) is 10.6 Å². The summed E-state index contributed by atoms with van der Waals surface area (Å²) in [5.41, 5.74) is 1.93. The van der Waals surface area contributed by atoms with E-state index in [-0.39, 0.29) is 23.7 Å². The Morgan fingerprint density at radius 2 is 1.83 bits per heavy atom. The molecular formula is C22H25N5O3. The van der Waals surface area contributed by atoms with Crippen LogP contribution in [0.1, 0.15) is 16.8 Å². The van der Waals surface area contributed by atoms with Crippen molar-refractivity contribution in [3.63, 3.8) is 0 Å². The Balaban J connectivity index is 1.73. The fourth-order valence-corrected chi connectivity index (χ4v) is 3.25. The lowest BCUT2D eigenvalue weighted by molar-refractivity contribution is -0.385. The normalized spacial score (nSPS) is 12.0. The monoisotopic (exact) mass is 407 g/mol. The molecule has 2 N–H and O–H groups in total. The molecule has 1 aromatic heterocycles. The summed E-state index contributed by atoms with van der Waals surface area (Å²) in [5, 5.41) is 14.4. The van der Waals surface area contributed by atoms with Crippen LogP contribution in [0.5, 0.6) is 0 Å². The molecule has 30 heavy (non-hydrogen) atoms. The minimum atomic E-state index is -0.424. The van der Waals surface area contributed by atoms with Gasteiger partial charge in [-0.3, -0.25) is 19.9 Å². The van der Waals surface area contributed by atoms with E-state index in [9.17, 15) is 14.9 Å². The number of aromatic amines is 1. The number of aromatic nitrogens is 2. The van der Waals surface area contributed by atoms with Crippen LogP contribution in [-0.2, 0) is 12.8 Å². The standard InChI is InChI=1S/C22H25N5O3/c1-26(2)19(12-16-8-4-3-5-9-16)15-23-22-24-18(14-21(28)25-22)13-17-10-6-7-11-20(17)27(29)30/h3-11,14,19H,12-13,15H2,1-2H3,(H2,23,24,25,28). The minimum Gasteiger partial charge on any atom is -0.354 e. The molecule has 1 heterocycles. The van der Waals surface area contributed by atoms with Gasteiger partial charge in [-0.1, -0.05) is 48.5 Å². The van der Waals surface area contributed by atoms with Gasteiger partial charge in [-0.05, 0) is 26.1 Å². The first-order valence-electron chi connectivity index (χ1n) is 9.69. The van der Waals surface area contributed by atoms with Gasteiger partial charge in [0.1, 0.15) is 0 Å². The lowest BCUT2D eigenvalue weighted by Crippen LogP contribution is -2.37. The zero-order valence-corrected chi connectivity index (χ0v) is 17.0. The van der Waals surface area contributed by atoms with Crippen LogP contribution in [-0.4, -0.2) is 46.5 Å². The molecule has 0 saturated heterocycles. The molecule has 2 aromatic carbocycles. The molecule has 8 nitrogen and oxygen atoms in total. The molecule has 0 spiro atoms. The van der Waals surface area contributed by atoms with Gasteiger partial charge in [0.15, 0.2) is 0 Å². The molecule has 0 radical (unpaired) electrons. The van der Waals surface area contributed by atoms with Gasteiger partial charge >= 0.3 is 0 Å². The maximum atomic E-state index is 12.1. The van der Waals surface area contributed by atoms with E-state index in [2.05, 4.69) is 32.3 Å². The van der Waals surface area contributed by atoms with Crippen molar-refractivity contribution in [3.8, 4) is 0 Å². The highest BCUT2D eigenvalue weighted by Gasteiger charge is 2.15. The van der Waals surface area contributed by atoms with E-state index < -0.39 is 4.92 Å². The Morgan fingerprint density at radius 1 is 1.13 bits per heavy atom. The van der Waals surface area contributed by atoms with Gasteiger partial charge in [0, 0.05) is 36.7 Å². The first kappa shape index (κ1) is 21.2. The quantitative estimate of drug-likeness (QED) is 0.418. The van der Waals surface area contributed by atoms with Gasteiger partial charge in [-0.25, -0.2) is 4.98 Å². The van der Waals surface area contributed by atoms with Gasteiger partial charge in [0.2, 0.25) is 5.95 Å². The number of likely N-dealkylation sites (N-methyl/N-ethyl adjacent to an activating group) is 1. The van der Waals surface area contributed by atoms with Crippen molar-refractivity contribution in [1.29, 1.82) is 0 Å². The number of benzene rings is 2. The Labute approximate surface area is 174 Å². The molecule has 0 aliphatic heterocycles. The van der Waals surface area contributed by atoms with Crippen molar-refractivity contribution in [2.45, 2.75) is 18.9 Å². The highest BCUT2D eigenvalue weighted by atomic mass is 16.6. The zero-order chi connectivity index (χ0) is 21.5. The number of nitro groups is 1. The van der Waals surface area contributed by atoms with Crippen molar-refractivity contribution in [2.24, 2.45) is 0 Å². The molecule has 1 unspecified atom stereocenters. The maximum Gasteiger partial charge on any atom is 0.272 e. The minimum absolute atomic E-state index is 0.0182. The highest BCUT2D eigenvalue weighted by Crippen LogP contribution is 2.20. The molecule has 1 atom stereocenters. The predicted molar refractivity (Wildman–Crippen MR) is 117 cm³/mol. The van der Waals surface area contributed by atoms with Crippen LogP contribution in [0.4, 0.5) is 11.6 Å². The maximum absolute atomic E-state index is 12.1. The van der Waals surface area contributed by atoms with Crippen molar-refractivity contribution >= 4 is 11.6 Å². The SMILES string of the molecule is CN(C)C(CNc1nc(Cc2ccccc2[N+](=O)[O-])cc(=O)[nH]1)Cc1ccccc1. The third-order valence-corrected chi connectivity index (χ3v) is 4.90. The summed E-state index contributed by atoms with van der Waals surface area (Å²) in [6.07, 6.45) is 1.05. The Kier molecular flexibility index (Phi) is 6.92. The van der Waals surface area contributed by atoms with Crippen LogP contribution >= 0.6 is 0 Å². The molecule has 8 heteroatoms. The van der Waals surface area contributed by atoms with Gasteiger partial charge in [-0.2, -0.15) is 0 Å². The topological polar surface area (TPSA) is 104 Å². The van der Waals surface area contributed by atoms with E-state index in [1.165, 1.54) is 17.7 Å². The first-order valence-corrected chi connectivity index (χ1v) is 9.69. The second kappa shape index (κ2) is 9.80. The summed E-state index contributed by atoms with van der Waals surface area (Å²) in [5.74, 6) is 0.357. The van der Waals surface area contributed by atoms with Crippen LogP contribution in [0.15, 0.2) is 65.5 Å². The van der Waals surface area contributed by atoms with Crippen molar-refractivity contribution in [2.75, 3.05) is 26.0 Å². The molecule has 3 aromatic rings. The molecule has 0 saturated carbocycles. The number of nitro benzene ring substituents is 1. The first-order chi connectivity index (χ1) is 14.4. The van der Waals surface area contributed by atoms with Crippen LogP contribution in [0.25, 0.3) is 0 Å². The molecule has 0 bridgehead atoms. The molecule has 0 fully saturated rings. The van der Waals surface area contributed by atoms with Crippen LogP contribution in [0.2, 0.25) is 0 Å². The number of para-hydroxylation sites is 1. The summed E-state index contributed by atoms with van der Waals surface area (Å²) in [6, 6.07) is 18.2. The smallest absolute Gasteiger partial charge is 0.272 e. The number of nitrogens with one attached hydrogen (secondary N) is 2. The second-order valence-electron chi connectivity index (χ2n) is 7.34. The zero-order valence-electron chi connectivity index (χ0n) is 17.0. The third-order valence-electron chi connectivity index (χ3n) is 4.90. The summed E-state index contributed by atoms with van der Waals surface area (Å²) < 4.78 is 0. The van der Waals surface area contributed by atoms with Crippen molar-refractivity contribution in [1.82, 2.24) is 14.9 Å². The fourth-order valence-electron chi connectivity index (χ4n) is 3.25. The van der Waals surface area contributed by atoms with Gasteiger partial charge in [-0.15, -0.1) is 0 Å². The summed E-state index contributed by atoms with van der Waals surface area (Å²) >= 11 is 0. The van der Waals surface area contributed by atoms with Crippen molar-refractivity contribution in [3.05, 3.63) is 98.0 Å². The average molecular weight is 407 g/mol. The van der Waals surface area contributed by atoms with Crippen LogP contribution in [0.3, 0.4) is 0 Å². The largest absolute Gasteiger partial charge is 0.354 e. The number of H-pyrrole nitrogens is 1. The number of hydrogen-bond donors (Lipinski definition) is 2. The number of hydrogen-bond acceptors (Lipinski definition) is 6. The van der Waals surface area contributed by atoms with E-state index >= 15 is 0 Å². The van der Waals surface area contributed by atoms with Crippen molar-refractivity contribution < 1.29 is 4.92 Å². The van der Waals surface area contributed by atoms with E-state index in [1.54, 1.807) is 18.2 Å². The van der Waals surface area contributed by atoms with E-state index in [4.69, 9.17) is 0 Å². The Bertz CT molecular complexity index is 1050. The number of rotatable bonds is 9. The van der Waals surface area contributed by atoms with E-state index in [1.807, 2.05) is 32.3 Å². The highest BCUT2D eigenvalue weighted by molar-refractivity contribution is 5.42. The Morgan fingerprint density at radius 3 is 2.53 bits per heavy atom. The van der Waals surface area contributed by atoms with E-state index in [0.717, 1.165) is 6.42 Å². The number of nitrogens with zero attached hydrogens (tertiary/aromatic N) is 3. The predicted octanol–water partition coefficient (Wildman–Crippen LogP) is 2.85. The van der Waals surface area contributed by atoms with E-state index in [0.29, 0.717) is 23.8 Å². The Hall–Kier alpha value is -3.52. The molecule has 0 aliphatic carbocycles. The molecule has 3 rings (SSSR count). The molecule has 0 amide bonds. The molecular weight excluding hydrogens is 382 g/mol. The molecule has 0 aliphatic rings. The summed E-state index contributed by atoms with van der Waals surface area (Å²) in [6.45, 7) is 0.583. The lowest BCUT2D eigenvalue weighted by Gasteiger charge is -2.25. The third kappa shape index (κ3) is 5.74. The summed E-state index contributed by atoms with van der Waals surface area (Å²) in [7, 11) is 4.02. The van der Waals surface area contributed by atoms with Crippen LogP contribution < -0.4 is 10.9 Å². The fraction of sp³-hybridized carbons (Fsp3) is 0.273. The van der Waals surface area contributed by atoms with Crippen LogP contribution in [0, 0.1) is 10.1 Å². The molecule has 156 valence electrons. The number of anilines is 1. The summed E-state index contributed by atoms with van der Waals surface area (Å²) in [4.78, 5) is 32.2.